The Kier molecular flexibility index (Phi) is 3.83. The summed E-state index contributed by atoms with van der Waals surface area (Å²) in [4.78, 5) is 12.4. The fourth-order valence-electron chi connectivity index (χ4n) is 5.53. The maximum atomic E-state index is 12.4. The Hall–Kier alpha value is -0.570. The third kappa shape index (κ3) is 2.74. The Morgan fingerprint density at radius 2 is 1.65 bits per heavy atom. The molecule has 1 amide bonds. The lowest BCUT2D eigenvalue weighted by Gasteiger charge is -2.56. The zero-order valence-electron chi connectivity index (χ0n) is 12.9. The Labute approximate surface area is 122 Å². The average Bonchev–Trinajstić information content (AvgIpc) is 2.33. The lowest BCUT2D eigenvalue weighted by molar-refractivity contribution is -0.130. The van der Waals surface area contributed by atoms with Crippen molar-refractivity contribution in [2.24, 2.45) is 29.1 Å². The van der Waals surface area contributed by atoms with Crippen LogP contribution in [0.2, 0.25) is 0 Å². The molecule has 4 bridgehead atoms. The minimum atomic E-state index is -0.0867. The van der Waals surface area contributed by atoms with Gasteiger partial charge in [0.05, 0.1) is 12.6 Å². The van der Waals surface area contributed by atoms with Gasteiger partial charge >= 0.3 is 0 Å². The molecule has 0 aromatic heterocycles. The lowest BCUT2D eigenvalue weighted by Crippen LogP contribution is -2.49. The summed E-state index contributed by atoms with van der Waals surface area (Å²) < 4.78 is 0. The molecule has 0 radical (unpaired) electrons. The van der Waals surface area contributed by atoms with Crippen LogP contribution in [0.3, 0.4) is 0 Å². The first-order valence-electron chi connectivity index (χ1n) is 8.40. The first-order chi connectivity index (χ1) is 9.49. The van der Waals surface area contributed by atoms with Gasteiger partial charge in [-0.3, -0.25) is 4.79 Å². The van der Waals surface area contributed by atoms with Crippen LogP contribution in [0.1, 0.15) is 58.8 Å². The predicted molar refractivity (Wildman–Crippen MR) is 79.1 cm³/mol. The molecule has 4 fully saturated rings. The standard InChI is InChI=1S/C17H29NO2/c1-11(2)15(10-19)18-16(20)9-17-6-12-3-13(7-17)5-14(4-12)8-17/h11-15,19H,3-10H2,1-2H3,(H,18,20)/t12?,13?,14?,15-,17?/m1/s1. The molecule has 0 saturated heterocycles. The Morgan fingerprint density at radius 3 is 2.05 bits per heavy atom. The van der Waals surface area contributed by atoms with Gasteiger partial charge < -0.3 is 10.4 Å². The van der Waals surface area contributed by atoms with E-state index >= 15 is 0 Å². The van der Waals surface area contributed by atoms with Crippen LogP contribution in [-0.2, 0) is 4.79 Å². The van der Waals surface area contributed by atoms with Crippen molar-refractivity contribution in [2.45, 2.75) is 64.8 Å². The molecule has 20 heavy (non-hydrogen) atoms. The number of aliphatic hydroxyl groups excluding tert-OH is 1. The molecular formula is C17H29NO2. The van der Waals surface area contributed by atoms with Gasteiger partial charge in [0.2, 0.25) is 5.91 Å². The van der Waals surface area contributed by atoms with Crippen LogP contribution < -0.4 is 5.32 Å². The molecular weight excluding hydrogens is 250 g/mol. The summed E-state index contributed by atoms with van der Waals surface area (Å²) in [6.07, 6.45) is 8.79. The summed E-state index contributed by atoms with van der Waals surface area (Å²) in [7, 11) is 0. The second kappa shape index (κ2) is 5.32. The summed E-state index contributed by atoms with van der Waals surface area (Å²) in [6.45, 7) is 4.14. The Balaban J connectivity index is 1.61. The second-order valence-corrected chi connectivity index (χ2v) is 8.19. The van der Waals surface area contributed by atoms with E-state index in [1.807, 2.05) is 13.8 Å². The highest BCUT2D eigenvalue weighted by Crippen LogP contribution is 2.61. The smallest absolute Gasteiger partial charge is 0.220 e. The summed E-state index contributed by atoms with van der Waals surface area (Å²) in [6, 6.07) is -0.0867. The van der Waals surface area contributed by atoms with Gasteiger partial charge in [0, 0.05) is 6.42 Å². The highest BCUT2D eigenvalue weighted by molar-refractivity contribution is 5.77. The fraction of sp³-hybridized carbons (Fsp3) is 0.941. The molecule has 4 aliphatic carbocycles. The summed E-state index contributed by atoms with van der Waals surface area (Å²) in [5, 5.41) is 12.4. The third-order valence-corrected chi connectivity index (χ3v) is 6.05. The van der Waals surface area contributed by atoms with Gasteiger partial charge in [-0.05, 0) is 67.6 Å². The zero-order chi connectivity index (χ0) is 14.3. The number of aliphatic hydroxyl groups is 1. The van der Waals surface area contributed by atoms with Crippen molar-refractivity contribution in [3.63, 3.8) is 0 Å². The molecule has 0 spiro atoms. The molecule has 4 rings (SSSR count). The quantitative estimate of drug-likeness (QED) is 0.813. The van der Waals surface area contributed by atoms with Crippen molar-refractivity contribution in [1.29, 1.82) is 0 Å². The first-order valence-corrected chi connectivity index (χ1v) is 8.40. The van der Waals surface area contributed by atoms with Crippen LogP contribution in [0.5, 0.6) is 0 Å². The Bertz CT molecular complexity index is 342. The highest BCUT2D eigenvalue weighted by Gasteiger charge is 2.51. The van der Waals surface area contributed by atoms with Crippen LogP contribution in [-0.4, -0.2) is 23.7 Å². The van der Waals surface area contributed by atoms with E-state index in [1.165, 1.54) is 38.5 Å². The minimum Gasteiger partial charge on any atom is -0.394 e. The van der Waals surface area contributed by atoms with Crippen molar-refractivity contribution >= 4 is 5.91 Å². The van der Waals surface area contributed by atoms with Crippen LogP contribution in [0.15, 0.2) is 0 Å². The molecule has 0 unspecified atom stereocenters. The van der Waals surface area contributed by atoms with E-state index < -0.39 is 0 Å². The number of nitrogens with one attached hydrogen (secondary N) is 1. The normalized spacial score (nSPS) is 40.1. The summed E-state index contributed by atoms with van der Waals surface area (Å²) in [5.41, 5.74) is 0.301. The molecule has 3 heteroatoms. The number of hydrogen-bond acceptors (Lipinski definition) is 2. The number of amides is 1. The minimum absolute atomic E-state index is 0.0459. The van der Waals surface area contributed by atoms with E-state index in [4.69, 9.17) is 0 Å². The third-order valence-electron chi connectivity index (χ3n) is 6.05. The lowest BCUT2D eigenvalue weighted by atomic mass is 9.49. The van der Waals surface area contributed by atoms with Gasteiger partial charge in [-0.1, -0.05) is 13.8 Å². The average molecular weight is 279 g/mol. The SMILES string of the molecule is CC(C)[C@@H](CO)NC(=O)CC12CC3CC(CC(C3)C1)C2. The van der Waals surface area contributed by atoms with Crippen molar-refractivity contribution in [1.82, 2.24) is 5.32 Å². The van der Waals surface area contributed by atoms with Crippen LogP contribution in [0.25, 0.3) is 0 Å². The van der Waals surface area contributed by atoms with Crippen LogP contribution >= 0.6 is 0 Å². The van der Waals surface area contributed by atoms with Gasteiger partial charge in [0.25, 0.3) is 0 Å². The summed E-state index contributed by atoms with van der Waals surface area (Å²) >= 11 is 0. The number of carbonyl (C=O) groups is 1. The van der Waals surface area contributed by atoms with Crippen molar-refractivity contribution < 1.29 is 9.90 Å². The van der Waals surface area contributed by atoms with Crippen molar-refractivity contribution in [3.8, 4) is 0 Å². The number of carbonyl (C=O) groups excluding carboxylic acids is 1. The molecule has 114 valence electrons. The first kappa shape index (κ1) is 14.4. The zero-order valence-corrected chi connectivity index (χ0v) is 12.9. The largest absolute Gasteiger partial charge is 0.394 e. The van der Waals surface area contributed by atoms with Gasteiger partial charge in [-0.25, -0.2) is 0 Å². The topological polar surface area (TPSA) is 49.3 Å². The van der Waals surface area contributed by atoms with E-state index in [2.05, 4.69) is 5.32 Å². The maximum absolute atomic E-state index is 12.4. The van der Waals surface area contributed by atoms with Crippen LogP contribution in [0, 0.1) is 29.1 Å². The van der Waals surface area contributed by atoms with Gasteiger partial charge in [0.1, 0.15) is 0 Å². The monoisotopic (exact) mass is 279 g/mol. The molecule has 0 aromatic carbocycles. The van der Waals surface area contributed by atoms with Gasteiger partial charge in [-0.15, -0.1) is 0 Å². The molecule has 1 atom stereocenters. The van der Waals surface area contributed by atoms with Gasteiger partial charge in [-0.2, -0.15) is 0 Å². The predicted octanol–water partition coefficient (Wildman–Crippen LogP) is 2.73. The van der Waals surface area contributed by atoms with E-state index in [0.717, 1.165) is 17.8 Å². The molecule has 0 aromatic rings. The maximum Gasteiger partial charge on any atom is 0.220 e. The van der Waals surface area contributed by atoms with Gasteiger partial charge in [0.15, 0.2) is 0 Å². The molecule has 0 heterocycles. The molecule has 4 aliphatic rings. The van der Waals surface area contributed by atoms with E-state index in [9.17, 15) is 9.90 Å². The van der Waals surface area contributed by atoms with Crippen molar-refractivity contribution in [2.75, 3.05) is 6.61 Å². The van der Waals surface area contributed by atoms with E-state index in [0.29, 0.717) is 17.8 Å². The van der Waals surface area contributed by atoms with Crippen molar-refractivity contribution in [3.05, 3.63) is 0 Å². The van der Waals surface area contributed by atoms with Crippen LogP contribution in [0.4, 0.5) is 0 Å². The number of hydrogen-bond donors (Lipinski definition) is 2. The van der Waals surface area contributed by atoms with E-state index in [1.54, 1.807) is 0 Å². The molecule has 3 nitrogen and oxygen atoms in total. The molecule has 0 aliphatic heterocycles. The number of rotatable bonds is 5. The molecule has 4 saturated carbocycles. The summed E-state index contributed by atoms with van der Waals surface area (Å²) in [5.74, 6) is 3.15. The highest BCUT2D eigenvalue weighted by atomic mass is 16.3. The van der Waals surface area contributed by atoms with E-state index in [-0.39, 0.29) is 18.6 Å². The fourth-order valence-corrected chi connectivity index (χ4v) is 5.53. The second-order valence-electron chi connectivity index (χ2n) is 8.19. The Morgan fingerprint density at radius 1 is 1.15 bits per heavy atom. The molecule has 2 N–H and O–H groups in total.